The van der Waals surface area contributed by atoms with Crippen LogP contribution in [0.1, 0.15) is 30.4 Å². The molecule has 0 aromatic heterocycles. The summed E-state index contributed by atoms with van der Waals surface area (Å²) in [4.78, 5) is 29.6. The van der Waals surface area contributed by atoms with Gasteiger partial charge in [-0.1, -0.05) is 17.7 Å². The molecule has 0 saturated carbocycles. The van der Waals surface area contributed by atoms with Gasteiger partial charge in [0.15, 0.2) is 0 Å². The highest BCUT2D eigenvalue weighted by atomic mass is 35.5. The van der Waals surface area contributed by atoms with Crippen LogP contribution in [0.3, 0.4) is 0 Å². The molecule has 5 rings (SSSR count). The Morgan fingerprint density at radius 1 is 1.25 bits per heavy atom. The number of fused-ring (bicyclic) bond motifs is 4. The fourth-order valence-corrected chi connectivity index (χ4v) is 6.07. The first-order chi connectivity index (χ1) is 15.4. The molecule has 3 heterocycles. The lowest BCUT2D eigenvalue weighted by molar-refractivity contribution is -0.135. The molecule has 1 spiro atoms. The van der Waals surface area contributed by atoms with Gasteiger partial charge in [0.25, 0.3) is 0 Å². The maximum Gasteiger partial charge on any atom is 0.250 e. The van der Waals surface area contributed by atoms with Gasteiger partial charge in [0.1, 0.15) is 17.0 Å². The second kappa shape index (κ2) is 7.67. The third kappa shape index (κ3) is 2.91. The van der Waals surface area contributed by atoms with Crippen molar-refractivity contribution < 1.29 is 19.1 Å². The number of ether oxygens (including phenoxy) is 2. The molecule has 0 radical (unpaired) electrons. The van der Waals surface area contributed by atoms with Crippen molar-refractivity contribution in [2.75, 3.05) is 31.4 Å². The molecule has 2 aromatic rings. The Hall–Kier alpha value is -2.77. The first-order valence-corrected chi connectivity index (χ1v) is 11.2. The summed E-state index contributed by atoms with van der Waals surface area (Å²) in [6.07, 6.45) is 2.58. The van der Waals surface area contributed by atoms with Crippen LogP contribution in [0.15, 0.2) is 30.3 Å². The van der Waals surface area contributed by atoms with Gasteiger partial charge in [-0.2, -0.15) is 0 Å². The molecule has 168 valence electrons. The molecule has 3 unspecified atom stereocenters. The summed E-state index contributed by atoms with van der Waals surface area (Å²) >= 11 is 6.51. The highest BCUT2D eigenvalue weighted by Gasteiger charge is 2.65. The molecule has 7 nitrogen and oxygen atoms in total. The number of methoxy groups -OCH3 is 2. The number of nitrogens with one attached hydrogen (secondary N) is 2. The zero-order chi connectivity index (χ0) is 22.6. The number of rotatable bonds is 4. The van der Waals surface area contributed by atoms with E-state index in [1.807, 2.05) is 19.1 Å². The van der Waals surface area contributed by atoms with Gasteiger partial charge in [0.05, 0.1) is 36.5 Å². The number of hydrogen-bond acceptors (Lipinski definition) is 5. The number of benzene rings is 2. The topological polar surface area (TPSA) is 79.9 Å². The molecule has 2 aromatic carbocycles. The van der Waals surface area contributed by atoms with E-state index in [1.54, 1.807) is 32.4 Å². The van der Waals surface area contributed by atoms with E-state index in [4.69, 9.17) is 21.1 Å². The van der Waals surface area contributed by atoms with E-state index in [0.29, 0.717) is 34.3 Å². The monoisotopic (exact) mass is 455 g/mol. The van der Waals surface area contributed by atoms with Gasteiger partial charge in [-0.25, -0.2) is 0 Å². The molecular formula is C24H26ClN3O4. The van der Waals surface area contributed by atoms with Crippen molar-refractivity contribution in [1.82, 2.24) is 4.90 Å². The first kappa shape index (κ1) is 21.1. The lowest BCUT2D eigenvalue weighted by Crippen LogP contribution is -2.53. The molecule has 8 heteroatoms. The Labute approximate surface area is 192 Å². The van der Waals surface area contributed by atoms with Gasteiger partial charge in [-0.3, -0.25) is 14.5 Å². The lowest BCUT2D eigenvalue weighted by atomic mass is 9.78. The Kier molecular flexibility index (Phi) is 5.06. The summed E-state index contributed by atoms with van der Waals surface area (Å²) in [5, 5.41) is 6.51. The van der Waals surface area contributed by atoms with E-state index in [9.17, 15) is 9.59 Å². The van der Waals surface area contributed by atoms with Crippen molar-refractivity contribution >= 4 is 34.8 Å². The molecule has 2 saturated heterocycles. The molecule has 3 aliphatic rings. The minimum absolute atomic E-state index is 0.175. The van der Waals surface area contributed by atoms with Crippen LogP contribution in [0.4, 0.5) is 11.4 Å². The SMILES string of the molecule is COc1ccc(OC)c(NC(=O)C2CC3CCCN3C23C(=O)Nc2c(Cl)cc(C)cc23)c1. The molecule has 0 bridgehead atoms. The molecule has 0 aliphatic carbocycles. The molecule has 2 fully saturated rings. The van der Waals surface area contributed by atoms with E-state index in [2.05, 4.69) is 15.5 Å². The van der Waals surface area contributed by atoms with Crippen molar-refractivity contribution in [3.8, 4) is 11.5 Å². The minimum Gasteiger partial charge on any atom is -0.497 e. The second-order valence-corrected chi connectivity index (χ2v) is 9.13. The standard InChI is InChI=1S/C24H26ClN3O4/c1-13-9-16-21(18(25)10-13)27-23(30)24(16)17(11-14-5-4-8-28(14)24)22(29)26-19-12-15(31-2)6-7-20(19)32-3/h6-7,9-10,12,14,17H,4-5,8,11H2,1-3H3,(H,26,29)(H,27,30). The van der Waals surface area contributed by atoms with Crippen LogP contribution in [-0.4, -0.2) is 43.5 Å². The fourth-order valence-electron chi connectivity index (χ4n) is 5.75. The van der Waals surface area contributed by atoms with Crippen molar-refractivity contribution in [3.63, 3.8) is 0 Å². The number of anilines is 2. The van der Waals surface area contributed by atoms with E-state index < -0.39 is 11.5 Å². The quantitative estimate of drug-likeness (QED) is 0.730. The van der Waals surface area contributed by atoms with Gasteiger partial charge < -0.3 is 20.1 Å². The number of halogens is 1. The zero-order valence-electron chi connectivity index (χ0n) is 18.3. The van der Waals surface area contributed by atoms with Crippen molar-refractivity contribution in [3.05, 3.63) is 46.5 Å². The second-order valence-electron chi connectivity index (χ2n) is 8.72. The highest BCUT2D eigenvalue weighted by molar-refractivity contribution is 6.35. The van der Waals surface area contributed by atoms with Crippen LogP contribution >= 0.6 is 11.6 Å². The number of aryl methyl sites for hydroxylation is 1. The van der Waals surface area contributed by atoms with Gasteiger partial charge in [-0.05, 0) is 56.5 Å². The number of amides is 2. The third-order valence-corrected chi connectivity index (χ3v) is 7.35. The molecule has 2 N–H and O–H groups in total. The zero-order valence-corrected chi connectivity index (χ0v) is 19.1. The number of nitrogens with zero attached hydrogens (tertiary/aromatic N) is 1. The summed E-state index contributed by atoms with van der Waals surface area (Å²) in [7, 11) is 3.12. The summed E-state index contributed by atoms with van der Waals surface area (Å²) in [6, 6.07) is 9.25. The average molecular weight is 456 g/mol. The van der Waals surface area contributed by atoms with E-state index in [0.717, 1.165) is 30.5 Å². The Morgan fingerprint density at radius 3 is 2.81 bits per heavy atom. The third-order valence-electron chi connectivity index (χ3n) is 7.05. The predicted octanol–water partition coefficient (Wildman–Crippen LogP) is 3.94. The maximum absolute atomic E-state index is 13.8. The molecule has 32 heavy (non-hydrogen) atoms. The predicted molar refractivity (Wildman–Crippen MR) is 123 cm³/mol. The van der Waals surface area contributed by atoms with Crippen LogP contribution in [-0.2, 0) is 15.1 Å². The number of carbonyl (C=O) groups is 2. The van der Waals surface area contributed by atoms with Crippen molar-refractivity contribution in [1.29, 1.82) is 0 Å². The van der Waals surface area contributed by atoms with Crippen molar-refractivity contribution in [2.24, 2.45) is 5.92 Å². The first-order valence-electron chi connectivity index (χ1n) is 10.8. The van der Waals surface area contributed by atoms with Crippen LogP contribution in [0, 0.1) is 12.8 Å². The van der Waals surface area contributed by atoms with Gasteiger partial charge >= 0.3 is 0 Å². The van der Waals surface area contributed by atoms with Gasteiger partial charge in [0.2, 0.25) is 11.8 Å². The molecule has 3 aliphatic heterocycles. The van der Waals surface area contributed by atoms with E-state index >= 15 is 0 Å². The summed E-state index contributed by atoms with van der Waals surface area (Å²) in [5.74, 6) is 0.174. The van der Waals surface area contributed by atoms with E-state index in [1.165, 1.54) is 0 Å². The minimum atomic E-state index is -1.07. The molecule has 2 amide bonds. The highest BCUT2D eigenvalue weighted by Crippen LogP contribution is 2.57. The lowest BCUT2D eigenvalue weighted by Gasteiger charge is -2.36. The van der Waals surface area contributed by atoms with Crippen LogP contribution in [0.25, 0.3) is 0 Å². The molecule has 3 atom stereocenters. The smallest absolute Gasteiger partial charge is 0.250 e. The van der Waals surface area contributed by atoms with Gasteiger partial charge in [0, 0.05) is 17.7 Å². The average Bonchev–Trinajstić information content (AvgIpc) is 3.43. The summed E-state index contributed by atoms with van der Waals surface area (Å²) < 4.78 is 10.7. The maximum atomic E-state index is 13.8. The normalized spacial score (nSPS) is 26.1. The summed E-state index contributed by atoms with van der Waals surface area (Å²) in [5.41, 5.74) is 1.82. The Morgan fingerprint density at radius 2 is 2.06 bits per heavy atom. The number of hydrogen-bond donors (Lipinski definition) is 2. The molecular weight excluding hydrogens is 430 g/mol. The fraction of sp³-hybridized carbons (Fsp3) is 0.417. The van der Waals surface area contributed by atoms with Crippen molar-refractivity contribution in [2.45, 2.75) is 37.8 Å². The van der Waals surface area contributed by atoms with Crippen LogP contribution < -0.4 is 20.1 Å². The Balaban J connectivity index is 1.60. The summed E-state index contributed by atoms with van der Waals surface area (Å²) in [6.45, 7) is 2.73. The van der Waals surface area contributed by atoms with Crippen LogP contribution in [0.5, 0.6) is 11.5 Å². The Bertz CT molecular complexity index is 1120. The van der Waals surface area contributed by atoms with Gasteiger partial charge in [-0.15, -0.1) is 0 Å². The number of carbonyl (C=O) groups excluding carboxylic acids is 2. The van der Waals surface area contributed by atoms with E-state index in [-0.39, 0.29) is 17.9 Å². The largest absolute Gasteiger partial charge is 0.497 e. The van der Waals surface area contributed by atoms with Crippen LogP contribution in [0.2, 0.25) is 5.02 Å².